The number of nitrogens with one attached hydrogen (secondary N) is 1. The van der Waals surface area contributed by atoms with Gasteiger partial charge in [0.2, 0.25) is 0 Å². The van der Waals surface area contributed by atoms with E-state index in [4.69, 9.17) is 10.4 Å². The fraction of sp³-hybridized carbons (Fsp3) is 0.100. The number of aromatic nitrogens is 2. The van der Waals surface area contributed by atoms with Gasteiger partial charge in [-0.05, 0) is 12.1 Å². The summed E-state index contributed by atoms with van der Waals surface area (Å²) in [6.07, 6.45) is 2.24. The molecule has 2 rings (SSSR count). The van der Waals surface area contributed by atoms with Crippen LogP contribution in [-0.4, -0.2) is 20.6 Å². The van der Waals surface area contributed by atoms with Gasteiger partial charge in [0.05, 0.1) is 17.8 Å². The number of imidazole rings is 1. The minimum atomic E-state index is -1.09. The lowest BCUT2D eigenvalue weighted by Crippen LogP contribution is -2.19. The fourth-order valence-electron chi connectivity index (χ4n) is 1.36. The summed E-state index contributed by atoms with van der Waals surface area (Å²) in [7, 11) is 0. The van der Waals surface area contributed by atoms with Gasteiger partial charge in [0.25, 0.3) is 0 Å². The Kier molecular flexibility index (Phi) is 2.44. The van der Waals surface area contributed by atoms with Crippen molar-refractivity contribution in [1.82, 2.24) is 14.7 Å². The smallest absolute Gasteiger partial charge is 0.404 e. The number of nitriles is 1. The van der Waals surface area contributed by atoms with Crippen LogP contribution in [0.25, 0.3) is 5.65 Å². The summed E-state index contributed by atoms with van der Waals surface area (Å²) >= 11 is 0. The van der Waals surface area contributed by atoms with E-state index in [1.54, 1.807) is 28.9 Å². The van der Waals surface area contributed by atoms with Gasteiger partial charge < -0.3 is 14.8 Å². The third-order valence-corrected chi connectivity index (χ3v) is 2.05. The van der Waals surface area contributed by atoms with E-state index in [-0.39, 0.29) is 6.54 Å². The second-order valence-corrected chi connectivity index (χ2v) is 3.19. The summed E-state index contributed by atoms with van der Waals surface area (Å²) in [4.78, 5) is 14.5. The molecule has 0 aliphatic rings. The number of rotatable bonds is 2. The summed E-state index contributed by atoms with van der Waals surface area (Å²) in [6.45, 7) is 0.152. The molecule has 0 radical (unpaired) electrons. The monoisotopic (exact) mass is 216 g/mol. The van der Waals surface area contributed by atoms with Gasteiger partial charge >= 0.3 is 6.09 Å². The lowest BCUT2D eigenvalue weighted by molar-refractivity contribution is 0.194. The van der Waals surface area contributed by atoms with Crippen LogP contribution in [0.5, 0.6) is 0 Å². The molecule has 0 saturated heterocycles. The van der Waals surface area contributed by atoms with E-state index in [0.29, 0.717) is 16.9 Å². The Labute approximate surface area is 90.8 Å². The predicted molar refractivity (Wildman–Crippen MR) is 54.8 cm³/mol. The molecule has 6 nitrogen and oxygen atoms in total. The highest BCUT2D eigenvalue weighted by atomic mass is 16.4. The van der Waals surface area contributed by atoms with Crippen molar-refractivity contribution in [1.29, 1.82) is 5.26 Å². The number of carbonyl (C=O) groups is 1. The second-order valence-electron chi connectivity index (χ2n) is 3.19. The molecule has 0 aromatic carbocycles. The van der Waals surface area contributed by atoms with Crippen LogP contribution in [0.15, 0.2) is 24.5 Å². The minimum absolute atomic E-state index is 0.152. The van der Waals surface area contributed by atoms with Crippen molar-refractivity contribution in [3.63, 3.8) is 0 Å². The molecule has 0 spiro atoms. The SMILES string of the molecule is N#Cc1ccc2nc(CNC(=O)O)cn2c1. The molecule has 2 heterocycles. The molecular weight excluding hydrogens is 208 g/mol. The molecule has 0 saturated carbocycles. The Morgan fingerprint density at radius 2 is 2.38 bits per heavy atom. The number of fused-ring (bicyclic) bond motifs is 1. The zero-order valence-electron chi connectivity index (χ0n) is 8.21. The minimum Gasteiger partial charge on any atom is -0.465 e. The van der Waals surface area contributed by atoms with Crippen LogP contribution in [0.1, 0.15) is 11.3 Å². The average Bonchev–Trinajstić information content (AvgIpc) is 2.67. The van der Waals surface area contributed by atoms with Crippen LogP contribution in [-0.2, 0) is 6.54 Å². The van der Waals surface area contributed by atoms with Gasteiger partial charge in [-0.1, -0.05) is 0 Å². The zero-order chi connectivity index (χ0) is 11.5. The van der Waals surface area contributed by atoms with Crippen LogP contribution in [0, 0.1) is 11.3 Å². The number of hydrogen-bond acceptors (Lipinski definition) is 3. The van der Waals surface area contributed by atoms with E-state index in [1.165, 1.54) is 0 Å². The van der Waals surface area contributed by atoms with E-state index in [2.05, 4.69) is 10.3 Å². The molecule has 16 heavy (non-hydrogen) atoms. The fourth-order valence-corrected chi connectivity index (χ4v) is 1.36. The number of carboxylic acid groups (broad SMARTS) is 1. The first-order valence-electron chi connectivity index (χ1n) is 4.53. The maximum absolute atomic E-state index is 10.3. The zero-order valence-corrected chi connectivity index (χ0v) is 8.21. The van der Waals surface area contributed by atoms with Crippen LogP contribution >= 0.6 is 0 Å². The molecule has 0 aliphatic heterocycles. The van der Waals surface area contributed by atoms with Gasteiger partial charge in [-0.2, -0.15) is 5.26 Å². The molecule has 80 valence electrons. The molecule has 2 aromatic heterocycles. The third kappa shape index (κ3) is 1.93. The second kappa shape index (κ2) is 3.90. The van der Waals surface area contributed by atoms with Crippen molar-refractivity contribution < 1.29 is 9.90 Å². The van der Waals surface area contributed by atoms with Crippen molar-refractivity contribution in [2.24, 2.45) is 0 Å². The van der Waals surface area contributed by atoms with E-state index < -0.39 is 6.09 Å². The van der Waals surface area contributed by atoms with Crippen molar-refractivity contribution >= 4 is 11.7 Å². The summed E-state index contributed by atoms with van der Waals surface area (Å²) in [5.74, 6) is 0. The van der Waals surface area contributed by atoms with Gasteiger partial charge in [0.1, 0.15) is 11.7 Å². The molecule has 0 unspecified atom stereocenters. The van der Waals surface area contributed by atoms with Gasteiger partial charge in [-0.3, -0.25) is 0 Å². The van der Waals surface area contributed by atoms with Crippen molar-refractivity contribution in [3.8, 4) is 6.07 Å². The molecule has 0 fully saturated rings. The first kappa shape index (κ1) is 9.98. The number of amides is 1. The van der Waals surface area contributed by atoms with Crippen molar-refractivity contribution in [3.05, 3.63) is 35.8 Å². The van der Waals surface area contributed by atoms with Crippen LogP contribution in [0.3, 0.4) is 0 Å². The molecule has 0 bridgehead atoms. The van der Waals surface area contributed by atoms with E-state index >= 15 is 0 Å². The van der Waals surface area contributed by atoms with Gasteiger partial charge in [0.15, 0.2) is 0 Å². The third-order valence-electron chi connectivity index (χ3n) is 2.05. The Hall–Kier alpha value is -2.55. The van der Waals surface area contributed by atoms with E-state index in [0.717, 1.165) is 0 Å². The first-order chi connectivity index (χ1) is 7.69. The highest BCUT2D eigenvalue weighted by Gasteiger charge is 2.03. The van der Waals surface area contributed by atoms with Crippen LogP contribution < -0.4 is 5.32 Å². The topological polar surface area (TPSA) is 90.4 Å². The Balaban J connectivity index is 2.30. The molecule has 0 aliphatic carbocycles. The quantitative estimate of drug-likeness (QED) is 0.782. The lowest BCUT2D eigenvalue weighted by Gasteiger charge is -1.94. The van der Waals surface area contributed by atoms with Crippen LogP contribution in [0.4, 0.5) is 4.79 Å². The molecule has 1 amide bonds. The highest BCUT2D eigenvalue weighted by molar-refractivity contribution is 5.64. The number of pyridine rings is 1. The Morgan fingerprint density at radius 1 is 1.56 bits per heavy atom. The Bertz CT molecular complexity index is 582. The standard InChI is InChI=1S/C10H8N4O2/c11-3-7-1-2-9-13-8(4-12-10(15)16)6-14(9)5-7/h1-2,5-6,12H,4H2,(H,15,16). The van der Waals surface area contributed by atoms with E-state index in [1.807, 2.05) is 6.07 Å². The summed E-state index contributed by atoms with van der Waals surface area (Å²) in [5.41, 5.74) is 1.82. The maximum Gasteiger partial charge on any atom is 0.404 e. The number of nitrogens with zero attached hydrogens (tertiary/aromatic N) is 3. The van der Waals surface area contributed by atoms with Crippen LogP contribution in [0.2, 0.25) is 0 Å². The molecule has 6 heteroatoms. The molecule has 2 aromatic rings. The van der Waals surface area contributed by atoms with Crippen molar-refractivity contribution in [2.75, 3.05) is 0 Å². The van der Waals surface area contributed by atoms with Gasteiger partial charge in [-0.15, -0.1) is 0 Å². The Morgan fingerprint density at radius 3 is 3.06 bits per heavy atom. The summed E-state index contributed by atoms with van der Waals surface area (Å²) < 4.78 is 1.69. The number of hydrogen-bond donors (Lipinski definition) is 2. The van der Waals surface area contributed by atoms with E-state index in [9.17, 15) is 4.79 Å². The molecule has 0 atom stereocenters. The van der Waals surface area contributed by atoms with Gasteiger partial charge in [0, 0.05) is 12.4 Å². The normalized spacial score (nSPS) is 9.94. The summed E-state index contributed by atoms with van der Waals surface area (Å²) in [5, 5.41) is 19.4. The average molecular weight is 216 g/mol. The highest BCUT2D eigenvalue weighted by Crippen LogP contribution is 2.07. The van der Waals surface area contributed by atoms with Gasteiger partial charge in [-0.25, -0.2) is 9.78 Å². The molecular formula is C10H8N4O2. The largest absolute Gasteiger partial charge is 0.465 e. The van der Waals surface area contributed by atoms with Crippen molar-refractivity contribution in [2.45, 2.75) is 6.54 Å². The summed E-state index contributed by atoms with van der Waals surface area (Å²) in [6, 6.07) is 5.39. The maximum atomic E-state index is 10.3. The first-order valence-corrected chi connectivity index (χ1v) is 4.53. The lowest BCUT2D eigenvalue weighted by atomic mass is 10.3. The predicted octanol–water partition coefficient (Wildman–Crippen LogP) is 0.974. The molecule has 2 N–H and O–H groups in total.